The van der Waals surface area contributed by atoms with Crippen LogP contribution in [0.25, 0.3) is 0 Å². The first-order chi connectivity index (χ1) is 7.58. The first kappa shape index (κ1) is 14.0. The third kappa shape index (κ3) is 3.77. The fourth-order valence-electron chi connectivity index (χ4n) is 1.70. The van der Waals surface area contributed by atoms with Gasteiger partial charge in [-0.2, -0.15) is 11.8 Å². The molecule has 2 atom stereocenters. The molecule has 0 spiro atoms. The highest BCUT2D eigenvalue weighted by atomic mass is 32.2. The van der Waals surface area contributed by atoms with Gasteiger partial charge in [0.05, 0.1) is 6.61 Å². The van der Waals surface area contributed by atoms with Gasteiger partial charge in [0.25, 0.3) is 0 Å². The predicted molar refractivity (Wildman–Crippen MR) is 74.5 cm³/mol. The number of aliphatic hydroxyl groups is 1. The van der Waals surface area contributed by atoms with Crippen LogP contribution in [0, 0.1) is 13.8 Å². The fraction of sp³-hybridized carbons (Fsp3) is 0.667. The second-order valence-corrected chi connectivity index (χ2v) is 6.60. The van der Waals surface area contributed by atoms with Crippen LogP contribution >= 0.6 is 23.1 Å². The van der Waals surface area contributed by atoms with E-state index in [0.29, 0.717) is 6.04 Å². The van der Waals surface area contributed by atoms with E-state index in [1.54, 1.807) is 11.8 Å². The first-order valence-electron chi connectivity index (χ1n) is 5.51. The minimum Gasteiger partial charge on any atom is -0.395 e. The van der Waals surface area contributed by atoms with E-state index in [1.165, 1.54) is 15.3 Å². The molecule has 0 aliphatic heterocycles. The fourth-order valence-corrected chi connectivity index (χ4v) is 3.30. The van der Waals surface area contributed by atoms with Crippen molar-refractivity contribution in [2.75, 3.05) is 12.9 Å². The van der Waals surface area contributed by atoms with E-state index in [-0.39, 0.29) is 11.9 Å². The van der Waals surface area contributed by atoms with Crippen molar-refractivity contribution >= 4 is 23.1 Å². The second kappa shape index (κ2) is 6.64. The summed E-state index contributed by atoms with van der Waals surface area (Å²) in [5.74, 6) is 0. The lowest BCUT2D eigenvalue weighted by molar-refractivity contribution is 0.276. The molecular formula is C12H21NOS2. The Bertz CT molecular complexity index is 321. The normalized spacial score (nSPS) is 15.1. The van der Waals surface area contributed by atoms with Gasteiger partial charge in [-0.25, -0.2) is 0 Å². The van der Waals surface area contributed by atoms with Crippen molar-refractivity contribution in [2.24, 2.45) is 0 Å². The third-order valence-corrected chi connectivity index (χ3v) is 4.97. The van der Waals surface area contributed by atoms with E-state index in [2.05, 4.69) is 32.2 Å². The first-order valence-corrected chi connectivity index (χ1v) is 7.61. The van der Waals surface area contributed by atoms with Crippen LogP contribution in [-0.2, 0) is 6.54 Å². The molecule has 2 nitrogen and oxygen atoms in total. The van der Waals surface area contributed by atoms with Crippen LogP contribution in [0.1, 0.15) is 22.2 Å². The molecule has 4 heteroatoms. The molecule has 0 aromatic carbocycles. The van der Waals surface area contributed by atoms with E-state index in [4.69, 9.17) is 0 Å². The molecule has 1 aromatic rings. The van der Waals surface area contributed by atoms with Crippen molar-refractivity contribution in [3.63, 3.8) is 0 Å². The molecular weight excluding hydrogens is 238 g/mol. The van der Waals surface area contributed by atoms with Gasteiger partial charge in [-0.1, -0.05) is 0 Å². The Morgan fingerprint density at radius 3 is 2.62 bits per heavy atom. The van der Waals surface area contributed by atoms with Gasteiger partial charge >= 0.3 is 0 Å². The summed E-state index contributed by atoms with van der Waals surface area (Å²) in [5, 5.41) is 13.0. The molecule has 0 fully saturated rings. The average Bonchev–Trinajstić information content (AvgIpc) is 2.56. The quantitative estimate of drug-likeness (QED) is 0.823. The van der Waals surface area contributed by atoms with Crippen LogP contribution in [0.2, 0.25) is 0 Å². The molecule has 1 heterocycles. The van der Waals surface area contributed by atoms with Crippen molar-refractivity contribution in [1.29, 1.82) is 0 Å². The Morgan fingerprint density at radius 2 is 2.19 bits per heavy atom. The SMILES string of the molecule is CSC(CO)C(C)NCc1cc(C)sc1C. The molecule has 0 aliphatic carbocycles. The Hall–Kier alpha value is -0.0300. The van der Waals surface area contributed by atoms with Crippen LogP contribution in [0.4, 0.5) is 0 Å². The molecule has 0 saturated heterocycles. The summed E-state index contributed by atoms with van der Waals surface area (Å²) in [5.41, 5.74) is 1.38. The van der Waals surface area contributed by atoms with Gasteiger partial charge in [-0.15, -0.1) is 11.3 Å². The predicted octanol–water partition coefficient (Wildman–Crippen LogP) is 2.57. The number of nitrogens with one attached hydrogen (secondary N) is 1. The number of rotatable bonds is 6. The summed E-state index contributed by atoms with van der Waals surface area (Å²) in [6, 6.07) is 2.58. The zero-order valence-electron chi connectivity index (χ0n) is 10.4. The molecule has 0 bridgehead atoms. The highest BCUT2D eigenvalue weighted by molar-refractivity contribution is 7.99. The summed E-state index contributed by atoms with van der Waals surface area (Å²) >= 11 is 3.56. The lowest BCUT2D eigenvalue weighted by Gasteiger charge is -2.21. The topological polar surface area (TPSA) is 32.3 Å². The average molecular weight is 259 g/mol. The number of aryl methyl sites for hydroxylation is 2. The highest BCUT2D eigenvalue weighted by Gasteiger charge is 2.14. The molecule has 92 valence electrons. The summed E-state index contributed by atoms with van der Waals surface area (Å²) < 4.78 is 0. The van der Waals surface area contributed by atoms with E-state index in [1.807, 2.05) is 17.6 Å². The second-order valence-electron chi connectivity index (χ2n) is 4.06. The maximum Gasteiger partial charge on any atom is 0.0564 e. The molecule has 2 unspecified atom stereocenters. The molecule has 0 radical (unpaired) electrons. The third-order valence-electron chi connectivity index (χ3n) is 2.80. The van der Waals surface area contributed by atoms with Crippen LogP contribution < -0.4 is 5.32 Å². The van der Waals surface area contributed by atoms with Crippen molar-refractivity contribution in [3.05, 3.63) is 21.4 Å². The standard InChI is InChI=1S/C12H21NOS2/c1-8-5-11(10(3)16-8)6-13-9(2)12(7-14)15-4/h5,9,12-14H,6-7H2,1-4H3. The Labute approximate surface area is 106 Å². The van der Waals surface area contributed by atoms with Gasteiger partial charge in [-0.05, 0) is 38.7 Å². The van der Waals surface area contributed by atoms with Gasteiger partial charge in [0, 0.05) is 27.6 Å². The van der Waals surface area contributed by atoms with Crippen LogP contribution in [0.5, 0.6) is 0 Å². The molecule has 2 N–H and O–H groups in total. The van der Waals surface area contributed by atoms with E-state index < -0.39 is 0 Å². The Kier molecular flexibility index (Phi) is 5.83. The van der Waals surface area contributed by atoms with Crippen LogP contribution in [-0.4, -0.2) is 29.3 Å². The number of thioether (sulfide) groups is 1. The van der Waals surface area contributed by atoms with Gasteiger partial charge in [-0.3, -0.25) is 0 Å². The monoisotopic (exact) mass is 259 g/mol. The lowest BCUT2D eigenvalue weighted by atomic mass is 10.2. The van der Waals surface area contributed by atoms with E-state index in [9.17, 15) is 5.11 Å². The summed E-state index contributed by atoms with van der Waals surface area (Å²) in [6.07, 6.45) is 2.04. The van der Waals surface area contributed by atoms with Crippen molar-refractivity contribution in [2.45, 2.75) is 38.6 Å². The number of hydrogen-bond acceptors (Lipinski definition) is 4. The molecule has 1 rings (SSSR count). The maximum absolute atomic E-state index is 9.19. The Balaban J connectivity index is 2.48. The Morgan fingerprint density at radius 1 is 1.50 bits per heavy atom. The van der Waals surface area contributed by atoms with Crippen LogP contribution in [0.15, 0.2) is 6.07 Å². The largest absolute Gasteiger partial charge is 0.395 e. The highest BCUT2D eigenvalue weighted by Crippen LogP contribution is 2.20. The van der Waals surface area contributed by atoms with Crippen molar-refractivity contribution < 1.29 is 5.11 Å². The number of hydrogen-bond donors (Lipinski definition) is 2. The number of thiophene rings is 1. The smallest absolute Gasteiger partial charge is 0.0564 e. The minimum absolute atomic E-state index is 0.233. The zero-order chi connectivity index (χ0) is 12.1. The van der Waals surface area contributed by atoms with Crippen LogP contribution in [0.3, 0.4) is 0 Å². The lowest BCUT2D eigenvalue weighted by Crippen LogP contribution is -2.37. The molecule has 0 saturated carbocycles. The molecule has 0 amide bonds. The molecule has 0 aliphatic rings. The van der Waals surface area contributed by atoms with E-state index >= 15 is 0 Å². The molecule has 1 aromatic heterocycles. The van der Waals surface area contributed by atoms with Crippen molar-refractivity contribution in [1.82, 2.24) is 5.32 Å². The minimum atomic E-state index is 0.233. The van der Waals surface area contributed by atoms with Gasteiger partial charge < -0.3 is 10.4 Å². The van der Waals surface area contributed by atoms with Gasteiger partial charge in [0.1, 0.15) is 0 Å². The van der Waals surface area contributed by atoms with Crippen molar-refractivity contribution in [3.8, 4) is 0 Å². The molecule has 16 heavy (non-hydrogen) atoms. The van der Waals surface area contributed by atoms with Gasteiger partial charge in [0.2, 0.25) is 0 Å². The summed E-state index contributed by atoms with van der Waals surface area (Å²) in [6.45, 7) is 7.57. The van der Waals surface area contributed by atoms with Gasteiger partial charge in [0.15, 0.2) is 0 Å². The summed E-state index contributed by atoms with van der Waals surface area (Å²) in [7, 11) is 0. The maximum atomic E-state index is 9.19. The summed E-state index contributed by atoms with van der Waals surface area (Å²) in [4.78, 5) is 2.76. The zero-order valence-corrected chi connectivity index (χ0v) is 12.0. The number of aliphatic hydroxyl groups excluding tert-OH is 1. The van der Waals surface area contributed by atoms with E-state index in [0.717, 1.165) is 6.54 Å².